The Morgan fingerprint density at radius 3 is 2.50 bits per heavy atom. The number of hydrogen-bond donors (Lipinski definition) is 1. The molecule has 1 aromatic carbocycles. The van der Waals surface area contributed by atoms with Crippen LogP contribution in [0.3, 0.4) is 0 Å². The molecule has 6 heteroatoms. The van der Waals surface area contributed by atoms with Gasteiger partial charge >= 0.3 is 0 Å². The maximum atomic E-state index is 12.6. The Labute approximate surface area is 147 Å². The molecule has 0 spiro atoms. The van der Waals surface area contributed by atoms with Crippen LogP contribution < -0.4 is 0 Å². The van der Waals surface area contributed by atoms with E-state index in [1.54, 1.807) is 0 Å². The minimum atomic E-state index is 0.199. The third kappa shape index (κ3) is 3.29. The predicted molar refractivity (Wildman–Crippen MR) is 97.2 cm³/mol. The fourth-order valence-corrected chi connectivity index (χ4v) is 3.69. The molecule has 0 radical (unpaired) electrons. The topological polar surface area (TPSA) is 53.9 Å². The lowest BCUT2D eigenvalue weighted by molar-refractivity contribution is -0.133. The number of nitrogens with zero attached hydrogens (tertiary/aromatic N) is 3. The molecule has 1 N–H and O–H groups in total. The van der Waals surface area contributed by atoms with Crippen molar-refractivity contribution in [3.8, 4) is 11.4 Å². The van der Waals surface area contributed by atoms with E-state index in [4.69, 9.17) is 12.2 Å². The molecule has 1 aliphatic heterocycles. The summed E-state index contributed by atoms with van der Waals surface area (Å²) >= 11 is 5.35. The van der Waals surface area contributed by atoms with Crippen molar-refractivity contribution < 1.29 is 4.79 Å². The number of nitrogens with one attached hydrogen (secondary N) is 1. The summed E-state index contributed by atoms with van der Waals surface area (Å²) in [6, 6.07) is 8.83. The van der Waals surface area contributed by atoms with Crippen molar-refractivity contribution >= 4 is 18.1 Å². The number of rotatable bonds is 4. The van der Waals surface area contributed by atoms with Crippen LogP contribution in [0.4, 0.5) is 0 Å². The first-order valence-electron chi connectivity index (χ1n) is 8.51. The van der Waals surface area contributed by atoms with E-state index in [1.807, 2.05) is 21.6 Å². The molecule has 128 valence electrons. The molecule has 3 rings (SSSR count). The number of benzene rings is 1. The highest BCUT2D eigenvalue weighted by Crippen LogP contribution is 2.25. The van der Waals surface area contributed by atoms with Crippen LogP contribution in [0.5, 0.6) is 0 Å². The average Bonchev–Trinajstić information content (AvgIpc) is 3.08. The van der Waals surface area contributed by atoms with E-state index < -0.39 is 0 Å². The van der Waals surface area contributed by atoms with Crippen LogP contribution in [0.25, 0.3) is 11.4 Å². The van der Waals surface area contributed by atoms with Gasteiger partial charge in [-0.05, 0) is 45.8 Å². The minimum absolute atomic E-state index is 0.199. The SMILES string of the molecule is Cc1ccc(-c2n[nH]c(=S)n2CCC(=O)N2C(C)CCC2C)cc1. The summed E-state index contributed by atoms with van der Waals surface area (Å²) in [6.07, 6.45) is 2.63. The van der Waals surface area contributed by atoms with Crippen molar-refractivity contribution in [2.45, 2.75) is 58.7 Å². The molecule has 2 atom stereocenters. The number of aromatic nitrogens is 3. The van der Waals surface area contributed by atoms with Gasteiger partial charge in [0.25, 0.3) is 0 Å². The number of H-pyrrole nitrogens is 1. The summed E-state index contributed by atoms with van der Waals surface area (Å²) in [6.45, 7) is 6.86. The van der Waals surface area contributed by atoms with Crippen molar-refractivity contribution in [1.29, 1.82) is 0 Å². The molecule has 0 aliphatic carbocycles. The highest BCUT2D eigenvalue weighted by Gasteiger charge is 2.30. The van der Waals surface area contributed by atoms with Gasteiger partial charge in [-0.1, -0.05) is 29.8 Å². The third-order valence-corrected chi connectivity index (χ3v) is 5.17. The Morgan fingerprint density at radius 1 is 1.25 bits per heavy atom. The van der Waals surface area contributed by atoms with Gasteiger partial charge in [0.2, 0.25) is 5.91 Å². The molecule has 1 saturated heterocycles. The summed E-state index contributed by atoms with van der Waals surface area (Å²) < 4.78 is 2.48. The number of carbonyl (C=O) groups is 1. The Balaban J connectivity index is 1.76. The molecule has 1 aromatic heterocycles. The van der Waals surface area contributed by atoms with Crippen LogP contribution in [0, 0.1) is 11.7 Å². The molecule has 1 fully saturated rings. The van der Waals surface area contributed by atoms with Crippen LogP contribution in [0.2, 0.25) is 0 Å². The molecule has 5 nitrogen and oxygen atoms in total. The van der Waals surface area contributed by atoms with Crippen molar-refractivity contribution in [3.63, 3.8) is 0 Å². The zero-order valence-corrected chi connectivity index (χ0v) is 15.3. The van der Waals surface area contributed by atoms with E-state index in [0.29, 0.717) is 29.8 Å². The van der Waals surface area contributed by atoms with Gasteiger partial charge in [0.15, 0.2) is 10.6 Å². The number of amides is 1. The van der Waals surface area contributed by atoms with Crippen molar-refractivity contribution in [2.24, 2.45) is 0 Å². The maximum Gasteiger partial charge on any atom is 0.224 e. The van der Waals surface area contributed by atoms with E-state index in [2.05, 4.69) is 43.1 Å². The van der Waals surface area contributed by atoms with Gasteiger partial charge in [0.05, 0.1) is 0 Å². The second-order valence-corrected chi connectivity index (χ2v) is 7.08. The van der Waals surface area contributed by atoms with Gasteiger partial charge in [-0.25, -0.2) is 0 Å². The number of aryl methyl sites for hydroxylation is 1. The summed E-state index contributed by atoms with van der Waals surface area (Å²) in [4.78, 5) is 14.6. The second kappa shape index (κ2) is 6.89. The second-order valence-electron chi connectivity index (χ2n) is 6.70. The average molecular weight is 344 g/mol. The highest BCUT2D eigenvalue weighted by molar-refractivity contribution is 7.71. The van der Waals surface area contributed by atoms with Crippen LogP contribution in [-0.4, -0.2) is 37.7 Å². The first-order chi connectivity index (χ1) is 11.5. The zero-order chi connectivity index (χ0) is 17.3. The van der Waals surface area contributed by atoms with Crippen molar-refractivity contribution in [1.82, 2.24) is 19.7 Å². The van der Waals surface area contributed by atoms with Crippen molar-refractivity contribution in [3.05, 3.63) is 34.6 Å². The molecule has 0 saturated carbocycles. The third-order valence-electron chi connectivity index (χ3n) is 4.86. The van der Waals surface area contributed by atoms with Crippen LogP contribution >= 0.6 is 12.2 Å². The molecule has 0 bridgehead atoms. The van der Waals surface area contributed by atoms with Gasteiger partial charge < -0.3 is 4.90 Å². The van der Waals surface area contributed by atoms with Gasteiger partial charge in [-0.2, -0.15) is 5.10 Å². The highest BCUT2D eigenvalue weighted by atomic mass is 32.1. The summed E-state index contributed by atoms with van der Waals surface area (Å²) in [5.41, 5.74) is 2.20. The molecular weight excluding hydrogens is 320 g/mol. The Bertz CT molecular complexity index is 767. The predicted octanol–water partition coefficient (Wildman–Crippen LogP) is 3.71. The summed E-state index contributed by atoms with van der Waals surface area (Å²) in [7, 11) is 0. The largest absolute Gasteiger partial charge is 0.337 e. The number of hydrogen-bond acceptors (Lipinski definition) is 3. The monoisotopic (exact) mass is 344 g/mol. The van der Waals surface area contributed by atoms with Crippen LogP contribution in [-0.2, 0) is 11.3 Å². The number of aromatic amines is 1. The zero-order valence-electron chi connectivity index (χ0n) is 14.5. The lowest BCUT2D eigenvalue weighted by Crippen LogP contribution is -2.38. The molecule has 1 aliphatic rings. The maximum absolute atomic E-state index is 12.6. The van der Waals surface area contributed by atoms with Crippen LogP contribution in [0.15, 0.2) is 24.3 Å². The van der Waals surface area contributed by atoms with E-state index in [9.17, 15) is 4.79 Å². The molecular formula is C18H24N4OS. The summed E-state index contributed by atoms with van der Waals surface area (Å²) in [5.74, 6) is 0.987. The minimum Gasteiger partial charge on any atom is -0.337 e. The van der Waals surface area contributed by atoms with Gasteiger partial charge in [0.1, 0.15) is 0 Å². The first kappa shape index (κ1) is 16.9. The van der Waals surface area contributed by atoms with Crippen molar-refractivity contribution in [2.75, 3.05) is 0 Å². The Morgan fingerprint density at radius 2 is 1.88 bits per heavy atom. The quantitative estimate of drug-likeness (QED) is 0.860. The number of likely N-dealkylation sites (tertiary alicyclic amines) is 1. The fraction of sp³-hybridized carbons (Fsp3) is 0.500. The Hall–Kier alpha value is -1.95. The van der Waals surface area contributed by atoms with E-state index in [0.717, 1.165) is 24.2 Å². The molecule has 2 unspecified atom stereocenters. The lowest BCUT2D eigenvalue weighted by Gasteiger charge is -2.26. The lowest BCUT2D eigenvalue weighted by atomic mass is 10.1. The normalized spacial score (nSPS) is 20.5. The van der Waals surface area contributed by atoms with E-state index in [-0.39, 0.29) is 5.91 Å². The smallest absolute Gasteiger partial charge is 0.224 e. The fourth-order valence-electron chi connectivity index (χ4n) is 3.47. The Kier molecular flexibility index (Phi) is 4.85. The van der Waals surface area contributed by atoms with Gasteiger partial charge in [-0.15, -0.1) is 0 Å². The summed E-state index contributed by atoms with van der Waals surface area (Å²) in [5, 5.41) is 7.19. The van der Waals surface area contributed by atoms with Gasteiger partial charge in [0, 0.05) is 30.6 Å². The first-order valence-corrected chi connectivity index (χ1v) is 8.91. The van der Waals surface area contributed by atoms with E-state index in [1.165, 1.54) is 5.56 Å². The molecule has 2 heterocycles. The molecule has 1 amide bonds. The standard InChI is InChI=1S/C18H24N4OS/c1-12-4-8-15(9-5-12)17-19-20-18(24)21(17)11-10-16(23)22-13(2)6-7-14(22)3/h4-5,8-9,13-14H,6-7,10-11H2,1-3H3,(H,20,24). The van der Waals surface area contributed by atoms with Gasteiger partial charge in [-0.3, -0.25) is 14.5 Å². The molecule has 2 aromatic rings. The number of carbonyl (C=O) groups excluding carboxylic acids is 1. The van der Waals surface area contributed by atoms with E-state index >= 15 is 0 Å². The van der Waals surface area contributed by atoms with Crippen LogP contribution in [0.1, 0.15) is 38.7 Å². The molecule has 24 heavy (non-hydrogen) atoms.